The number of amides is 2. The lowest BCUT2D eigenvalue weighted by molar-refractivity contribution is -0.145. The van der Waals surface area contributed by atoms with Gasteiger partial charge in [0.25, 0.3) is 11.8 Å². The van der Waals surface area contributed by atoms with Crippen LogP contribution < -0.4 is 0 Å². The smallest absolute Gasteiger partial charge is 0.331 e. The Balaban J connectivity index is 1.45. The van der Waals surface area contributed by atoms with Crippen molar-refractivity contribution in [3.05, 3.63) is 74.5 Å². The van der Waals surface area contributed by atoms with Gasteiger partial charge in [0.1, 0.15) is 5.69 Å². The Bertz CT molecular complexity index is 1430. The molecule has 3 aromatic rings. The number of halogens is 5. The number of benzene rings is 1. The molecule has 3 atom stereocenters. The summed E-state index contributed by atoms with van der Waals surface area (Å²) in [6, 6.07) is 3.74. The Morgan fingerprint density at radius 1 is 1.11 bits per heavy atom. The topological polar surface area (TPSA) is 84.2 Å². The van der Waals surface area contributed by atoms with Gasteiger partial charge in [-0.3, -0.25) is 14.3 Å². The molecule has 2 aliphatic heterocycles. The summed E-state index contributed by atoms with van der Waals surface area (Å²) in [6.07, 6.45) is -2.00. The number of nitrogens with zero attached hydrogens (tertiary/aromatic N) is 6. The summed E-state index contributed by atoms with van der Waals surface area (Å²) in [7, 11) is 0. The van der Waals surface area contributed by atoms with E-state index in [9.17, 15) is 22.8 Å². The maximum Gasteiger partial charge on any atom is 0.451 e. The van der Waals surface area contributed by atoms with Gasteiger partial charge in [0, 0.05) is 48.1 Å². The molecule has 2 aromatic heterocycles. The summed E-state index contributed by atoms with van der Waals surface area (Å²) in [4.78, 5) is 37.3. The van der Waals surface area contributed by atoms with Crippen molar-refractivity contribution in [1.29, 1.82) is 0 Å². The maximum absolute atomic E-state index is 13.8. The predicted octanol–water partition coefficient (Wildman–Crippen LogP) is 5.36. The van der Waals surface area contributed by atoms with Crippen LogP contribution in [0.5, 0.6) is 0 Å². The van der Waals surface area contributed by atoms with Gasteiger partial charge in [0.05, 0.1) is 34.4 Å². The molecule has 0 fully saturated rings. The van der Waals surface area contributed by atoms with Gasteiger partial charge in [0.15, 0.2) is 0 Å². The molecular weight excluding hydrogens is 544 g/mol. The summed E-state index contributed by atoms with van der Waals surface area (Å²) in [5, 5.41) is 5.33. The van der Waals surface area contributed by atoms with Crippen LogP contribution in [0.3, 0.4) is 0 Å². The summed E-state index contributed by atoms with van der Waals surface area (Å²) in [5.74, 6) is -1.80. The molecule has 8 nitrogen and oxygen atoms in total. The first-order valence-electron chi connectivity index (χ1n) is 11.9. The van der Waals surface area contributed by atoms with Crippen molar-refractivity contribution in [3.63, 3.8) is 0 Å². The average Bonchev–Trinajstić information content (AvgIpc) is 3.25. The van der Waals surface area contributed by atoms with E-state index in [0.717, 1.165) is 18.1 Å². The molecule has 0 spiro atoms. The highest BCUT2D eigenvalue weighted by molar-refractivity contribution is 6.42. The van der Waals surface area contributed by atoms with Gasteiger partial charge < -0.3 is 9.80 Å². The van der Waals surface area contributed by atoms with Gasteiger partial charge in [-0.2, -0.15) is 18.3 Å². The second kappa shape index (κ2) is 9.53. The van der Waals surface area contributed by atoms with Gasteiger partial charge in [-0.15, -0.1) is 0 Å². The van der Waals surface area contributed by atoms with Gasteiger partial charge >= 0.3 is 6.18 Å². The first-order chi connectivity index (χ1) is 17.9. The fourth-order valence-electron chi connectivity index (χ4n) is 4.97. The van der Waals surface area contributed by atoms with Crippen LogP contribution in [0, 0.1) is 0 Å². The van der Waals surface area contributed by atoms with Gasteiger partial charge in [-0.25, -0.2) is 9.97 Å². The van der Waals surface area contributed by atoms with Crippen molar-refractivity contribution < 1.29 is 22.8 Å². The minimum Gasteiger partial charge on any atom is -0.331 e. The normalized spacial score (nSPS) is 20.3. The quantitative estimate of drug-likeness (QED) is 0.426. The Hall–Kier alpha value is -3.18. The van der Waals surface area contributed by atoms with Crippen LogP contribution in [-0.2, 0) is 19.1 Å². The molecule has 0 aliphatic carbocycles. The lowest BCUT2D eigenvalue weighted by Gasteiger charge is -2.37. The predicted molar refractivity (Wildman–Crippen MR) is 133 cm³/mol. The number of alkyl halides is 3. The molecule has 38 heavy (non-hydrogen) atoms. The summed E-state index contributed by atoms with van der Waals surface area (Å²) in [5.41, 5.74) is 2.54. The molecule has 2 aliphatic rings. The number of carbonyl (C=O) groups excluding carboxylic acids is 2. The van der Waals surface area contributed by atoms with Crippen LogP contribution in [0.2, 0.25) is 10.0 Å². The first kappa shape index (κ1) is 26.4. The number of rotatable bonds is 3. The van der Waals surface area contributed by atoms with Crippen LogP contribution in [0.1, 0.15) is 76.3 Å². The minimum absolute atomic E-state index is 0.175. The minimum atomic E-state index is -4.65. The first-order valence-corrected chi connectivity index (χ1v) is 12.7. The monoisotopic (exact) mass is 566 g/mol. The number of aromatic nitrogens is 4. The molecule has 1 aromatic carbocycles. The third kappa shape index (κ3) is 4.51. The Kier molecular flexibility index (Phi) is 6.63. The standard InChI is InChI=1S/C25H23Cl2F3N6O2/c1-12-6-20-17(11-34(12)22(37)15-4-5-18(26)19(27)7-15)21-23(38)35(10-13(2)36(21)33-20)14(3)16-8-31-24(32-9-16)25(28,29)30/h4-5,7-9,12-14H,6,10-11H2,1-3H3/t12-,13-,14?/m1/s1. The van der Waals surface area contributed by atoms with E-state index in [1.807, 2.05) is 13.8 Å². The van der Waals surface area contributed by atoms with Gasteiger partial charge in [-0.05, 0) is 39.0 Å². The van der Waals surface area contributed by atoms with Gasteiger partial charge in [-0.1, -0.05) is 23.2 Å². The Morgan fingerprint density at radius 3 is 2.42 bits per heavy atom. The van der Waals surface area contributed by atoms with E-state index < -0.39 is 18.0 Å². The lowest BCUT2D eigenvalue weighted by Crippen LogP contribution is -2.45. The van der Waals surface area contributed by atoms with Crippen molar-refractivity contribution in [3.8, 4) is 0 Å². The van der Waals surface area contributed by atoms with Gasteiger partial charge in [0.2, 0.25) is 5.82 Å². The van der Waals surface area contributed by atoms with Crippen LogP contribution >= 0.6 is 23.2 Å². The highest BCUT2D eigenvalue weighted by Crippen LogP contribution is 2.36. The van der Waals surface area contributed by atoms with Crippen molar-refractivity contribution in [1.82, 2.24) is 29.5 Å². The van der Waals surface area contributed by atoms with Crippen molar-refractivity contribution in [2.75, 3.05) is 6.54 Å². The SMILES string of the molecule is CC(c1cnc(C(F)(F)F)nc1)N1C[C@@H](C)n2nc3c(c2C1=O)CN(C(=O)c1ccc(Cl)c(Cl)c1)[C@H](C)C3. The number of fused-ring (bicyclic) bond motifs is 3. The molecule has 0 N–H and O–H groups in total. The molecule has 0 radical (unpaired) electrons. The van der Waals surface area contributed by atoms with Crippen molar-refractivity contribution >= 4 is 35.0 Å². The zero-order valence-electron chi connectivity index (χ0n) is 20.6. The summed E-state index contributed by atoms with van der Waals surface area (Å²) in [6.45, 7) is 6.03. The zero-order valence-corrected chi connectivity index (χ0v) is 22.1. The van der Waals surface area contributed by atoms with Crippen molar-refractivity contribution in [2.24, 2.45) is 0 Å². The molecule has 0 saturated carbocycles. The molecule has 13 heteroatoms. The summed E-state index contributed by atoms with van der Waals surface area (Å²) >= 11 is 12.1. The molecule has 4 heterocycles. The third-order valence-electron chi connectivity index (χ3n) is 7.09. The second-order valence-corrected chi connectivity index (χ2v) is 10.5. The van der Waals surface area contributed by atoms with E-state index in [2.05, 4.69) is 9.97 Å². The lowest BCUT2D eigenvalue weighted by atomic mass is 9.97. The van der Waals surface area contributed by atoms with Crippen LogP contribution in [0.4, 0.5) is 13.2 Å². The van der Waals surface area contributed by atoms with E-state index >= 15 is 0 Å². The molecule has 5 rings (SSSR count). The maximum atomic E-state index is 13.8. The van der Waals surface area contributed by atoms with Crippen LogP contribution in [0.15, 0.2) is 30.6 Å². The molecule has 0 bridgehead atoms. The number of hydrogen-bond donors (Lipinski definition) is 0. The van der Waals surface area contributed by atoms with Crippen LogP contribution in [0.25, 0.3) is 0 Å². The zero-order chi connectivity index (χ0) is 27.5. The van der Waals surface area contributed by atoms with E-state index in [1.54, 1.807) is 33.5 Å². The average molecular weight is 567 g/mol. The third-order valence-corrected chi connectivity index (χ3v) is 7.82. The fraction of sp³-hybridized carbons (Fsp3) is 0.400. The van der Waals surface area contributed by atoms with Crippen LogP contribution in [-0.4, -0.2) is 53.9 Å². The van der Waals surface area contributed by atoms with E-state index in [-0.39, 0.29) is 35.5 Å². The van der Waals surface area contributed by atoms with E-state index in [0.29, 0.717) is 40.4 Å². The Labute approximate surface area is 226 Å². The molecule has 2 amide bonds. The molecule has 0 saturated heterocycles. The second-order valence-electron chi connectivity index (χ2n) is 9.65. The molecule has 1 unspecified atom stereocenters. The van der Waals surface area contributed by atoms with E-state index in [1.165, 1.54) is 6.07 Å². The largest absolute Gasteiger partial charge is 0.451 e. The summed E-state index contributed by atoms with van der Waals surface area (Å²) < 4.78 is 40.4. The van der Waals surface area contributed by atoms with Crippen molar-refractivity contribution in [2.45, 2.75) is 58.0 Å². The molecular formula is C25H23Cl2F3N6O2. The number of carbonyl (C=O) groups is 2. The fourth-order valence-corrected chi connectivity index (χ4v) is 5.27. The molecule has 200 valence electrons. The van der Waals surface area contributed by atoms with E-state index in [4.69, 9.17) is 28.3 Å². The highest BCUT2D eigenvalue weighted by atomic mass is 35.5. The Morgan fingerprint density at radius 2 is 1.79 bits per heavy atom. The number of hydrogen-bond acceptors (Lipinski definition) is 5. The highest BCUT2D eigenvalue weighted by Gasteiger charge is 2.41.